The van der Waals surface area contributed by atoms with Crippen LogP contribution in [0.4, 0.5) is 0 Å². The Morgan fingerprint density at radius 1 is 1.13 bits per heavy atom. The zero-order valence-corrected chi connectivity index (χ0v) is 19.1. The van der Waals surface area contributed by atoms with Crippen LogP contribution in [0.1, 0.15) is 45.1 Å². The Labute approximate surface area is 183 Å². The molecule has 2 aliphatic heterocycles. The van der Waals surface area contributed by atoms with Crippen molar-refractivity contribution in [2.45, 2.75) is 64.3 Å². The molecule has 1 atom stereocenters. The molecule has 0 saturated carbocycles. The third-order valence-electron chi connectivity index (χ3n) is 6.24. The summed E-state index contributed by atoms with van der Waals surface area (Å²) in [5, 5.41) is 7.25. The fourth-order valence-electron chi connectivity index (χ4n) is 4.47. The van der Waals surface area contributed by atoms with Gasteiger partial charge in [0.1, 0.15) is 0 Å². The van der Waals surface area contributed by atoms with Crippen LogP contribution in [0.3, 0.4) is 0 Å². The molecule has 2 heterocycles. The number of guanidine groups is 1. The number of hydrogen-bond donors (Lipinski definition) is 2. The summed E-state index contributed by atoms with van der Waals surface area (Å²) in [4.78, 5) is 9.60. The molecule has 0 aromatic heterocycles. The molecule has 2 aliphatic rings. The Bertz CT molecular complexity index is 628. The summed E-state index contributed by atoms with van der Waals surface area (Å²) in [7, 11) is 1.88. The predicted octanol–water partition coefficient (Wildman–Crippen LogP) is 2.71. The Kier molecular flexibility index (Phi) is 9.43. The van der Waals surface area contributed by atoms with E-state index < -0.39 is 0 Å². The molecule has 2 fully saturated rings. The lowest BCUT2D eigenvalue weighted by atomic mass is 10.1. The van der Waals surface area contributed by atoms with E-state index in [1.165, 1.54) is 24.9 Å². The van der Waals surface area contributed by atoms with Crippen LogP contribution in [0.2, 0.25) is 0 Å². The summed E-state index contributed by atoms with van der Waals surface area (Å²) in [5.41, 5.74) is 1.40. The molecule has 0 bridgehead atoms. The van der Waals surface area contributed by atoms with E-state index in [4.69, 9.17) is 4.74 Å². The highest BCUT2D eigenvalue weighted by molar-refractivity contribution is 5.80. The molecule has 0 amide bonds. The van der Waals surface area contributed by atoms with Crippen LogP contribution in [0, 0.1) is 0 Å². The van der Waals surface area contributed by atoms with E-state index in [9.17, 15) is 0 Å². The molecule has 0 radical (unpaired) electrons. The van der Waals surface area contributed by atoms with Crippen LogP contribution >= 0.6 is 0 Å². The fraction of sp³-hybridized carbons (Fsp3) is 0.708. The first kappa shape index (κ1) is 23.0. The highest BCUT2D eigenvalue weighted by Gasteiger charge is 2.25. The number of piperidine rings is 1. The molecule has 2 N–H and O–H groups in total. The second-order valence-electron chi connectivity index (χ2n) is 8.89. The van der Waals surface area contributed by atoms with Crippen molar-refractivity contribution in [3.8, 4) is 0 Å². The minimum absolute atomic E-state index is 0.321. The lowest BCUT2D eigenvalue weighted by Crippen LogP contribution is -2.51. The van der Waals surface area contributed by atoms with Crippen LogP contribution in [-0.2, 0) is 11.3 Å². The topological polar surface area (TPSA) is 52.1 Å². The van der Waals surface area contributed by atoms with Gasteiger partial charge < -0.3 is 20.3 Å². The Hall–Kier alpha value is -1.63. The SMILES string of the molecule is CN=C(NCC1CCCN1Cc1ccccc1)NC1CCN(CCOC(C)C)CC1. The zero-order chi connectivity index (χ0) is 21.2. The van der Waals surface area contributed by atoms with E-state index in [0.29, 0.717) is 18.2 Å². The Balaban J connectivity index is 1.37. The summed E-state index contributed by atoms with van der Waals surface area (Å²) >= 11 is 0. The summed E-state index contributed by atoms with van der Waals surface area (Å²) in [6.07, 6.45) is 5.18. The highest BCUT2D eigenvalue weighted by atomic mass is 16.5. The third-order valence-corrected chi connectivity index (χ3v) is 6.24. The maximum Gasteiger partial charge on any atom is 0.191 e. The van der Waals surface area contributed by atoms with Gasteiger partial charge in [-0.3, -0.25) is 9.89 Å². The predicted molar refractivity (Wildman–Crippen MR) is 125 cm³/mol. The fourth-order valence-corrected chi connectivity index (χ4v) is 4.47. The molecule has 0 aliphatic carbocycles. The van der Waals surface area contributed by atoms with Crippen LogP contribution in [0.25, 0.3) is 0 Å². The number of aliphatic imine (C=N–C) groups is 1. The van der Waals surface area contributed by atoms with Gasteiger partial charge >= 0.3 is 0 Å². The quantitative estimate of drug-likeness (QED) is 0.480. The molecular formula is C24H41N5O. The van der Waals surface area contributed by atoms with Gasteiger partial charge in [-0.1, -0.05) is 30.3 Å². The van der Waals surface area contributed by atoms with Gasteiger partial charge in [0.2, 0.25) is 0 Å². The van der Waals surface area contributed by atoms with Gasteiger partial charge in [-0.05, 0) is 51.6 Å². The lowest BCUT2D eigenvalue weighted by molar-refractivity contribution is 0.0532. The smallest absolute Gasteiger partial charge is 0.191 e. The third kappa shape index (κ3) is 7.56. The van der Waals surface area contributed by atoms with Crippen LogP contribution in [0.15, 0.2) is 35.3 Å². The van der Waals surface area contributed by atoms with Gasteiger partial charge in [-0.15, -0.1) is 0 Å². The minimum atomic E-state index is 0.321. The van der Waals surface area contributed by atoms with E-state index in [1.54, 1.807) is 0 Å². The maximum atomic E-state index is 5.69. The molecule has 30 heavy (non-hydrogen) atoms. The molecule has 1 aromatic carbocycles. The van der Waals surface area contributed by atoms with E-state index in [2.05, 4.69) is 69.6 Å². The van der Waals surface area contributed by atoms with Crippen LogP contribution < -0.4 is 10.6 Å². The van der Waals surface area contributed by atoms with Crippen molar-refractivity contribution in [1.82, 2.24) is 20.4 Å². The average molecular weight is 416 g/mol. The molecule has 2 saturated heterocycles. The van der Waals surface area contributed by atoms with Gasteiger partial charge in [0, 0.05) is 51.9 Å². The van der Waals surface area contributed by atoms with E-state index in [-0.39, 0.29) is 0 Å². The van der Waals surface area contributed by atoms with Crippen molar-refractivity contribution in [3.05, 3.63) is 35.9 Å². The van der Waals surface area contributed by atoms with Gasteiger partial charge in [-0.2, -0.15) is 0 Å². The number of ether oxygens (including phenoxy) is 1. The number of rotatable bonds is 9. The maximum absolute atomic E-state index is 5.69. The first-order valence-electron chi connectivity index (χ1n) is 11.7. The summed E-state index contributed by atoms with van der Waals surface area (Å²) in [5.74, 6) is 0.947. The highest BCUT2D eigenvalue weighted by Crippen LogP contribution is 2.19. The monoisotopic (exact) mass is 415 g/mol. The zero-order valence-electron chi connectivity index (χ0n) is 19.1. The molecule has 1 unspecified atom stereocenters. The van der Waals surface area contributed by atoms with Crippen molar-refractivity contribution in [2.75, 3.05) is 46.4 Å². The van der Waals surface area contributed by atoms with Crippen molar-refractivity contribution in [2.24, 2.45) is 4.99 Å². The molecule has 6 heteroatoms. The number of hydrogen-bond acceptors (Lipinski definition) is 4. The van der Waals surface area contributed by atoms with E-state index in [0.717, 1.165) is 58.1 Å². The molecule has 1 aromatic rings. The number of benzene rings is 1. The van der Waals surface area contributed by atoms with Crippen molar-refractivity contribution < 1.29 is 4.74 Å². The minimum Gasteiger partial charge on any atom is -0.377 e. The lowest BCUT2D eigenvalue weighted by Gasteiger charge is -2.33. The first-order chi connectivity index (χ1) is 14.6. The summed E-state index contributed by atoms with van der Waals surface area (Å²) in [6, 6.07) is 11.9. The van der Waals surface area contributed by atoms with Crippen molar-refractivity contribution in [1.29, 1.82) is 0 Å². The number of nitrogens with zero attached hydrogens (tertiary/aromatic N) is 3. The second kappa shape index (κ2) is 12.3. The Morgan fingerprint density at radius 2 is 1.90 bits per heavy atom. The summed E-state index contributed by atoms with van der Waals surface area (Å²) in [6.45, 7) is 11.5. The standard InChI is InChI=1S/C24H41N5O/c1-20(2)30-17-16-28-14-11-22(12-15-28)27-24(25-3)26-18-23-10-7-13-29(23)19-21-8-5-4-6-9-21/h4-6,8-9,20,22-23H,7,10-19H2,1-3H3,(H2,25,26,27). The summed E-state index contributed by atoms with van der Waals surface area (Å²) < 4.78 is 5.69. The Morgan fingerprint density at radius 3 is 2.60 bits per heavy atom. The van der Waals surface area contributed by atoms with Crippen LogP contribution in [-0.4, -0.2) is 80.3 Å². The normalized spacial score (nSPS) is 22.0. The van der Waals surface area contributed by atoms with Gasteiger partial charge in [0.05, 0.1) is 12.7 Å². The molecule has 0 spiro atoms. The van der Waals surface area contributed by atoms with Gasteiger partial charge in [0.15, 0.2) is 5.96 Å². The second-order valence-corrected chi connectivity index (χ2v) is 8.89. The van der Waals surface area contributed by atoms with Crippen LogP contribution in [0.5, 0.6) is 0 Å². The average Bonchev–Trinajstić information content (AvgIpc) is 3.19. The van der Waals surface area contributed by atoms with Crippen molar-refractivity contribution >= 4 is 5.96 Å². The number of nitrogens with one attached hydrogen (secondary N) is 2. The largest absolute Gasteiger partial charge is 0.377 e. The van der Waals surface area contributed by atoms with E-state index >= 15 is 0 Å². The van der Waals surface area contributed by atoms with E-state index in [1.807, 2.05) is 7.05 Å². The van der Waals surface area contributed by atoms with Gasteiger partial charge in [0.25, 0.3) is 0 Å². The molecule has 3 rings (SSSR count). The van der Waals surface area contributed by atoms with Gasteiger partial charge in [-0.25, -0.2) is 0 Å². The molecule has 168 valence electrons. The molecular weight excluding hydrogens is 374 g/mol. The van der Waals surface area contributed by atoms with Crippen molar-refractivity contribution in [3.63, 3.8) is 0 Å². The first-order valence-corrected chi connectivity index (χ1v) is 11.7. The molecule has 6 nitrogen and oxygen atoms in total. The number of likely N-dealkylation sites (tertiary alicyclic amines) is 2.